The van der Waals surface area contributed by atoms with E-state index in [1.54, 1.807) is 12.1 Å². The normalized spacial score (nSPS) is 12.2. The van der Waals surface area contributed by atoms with Gasteiger partial charge in [0.2, 0.25) is 0 Å². The van der Waals surface area contributed by atoms with E-state index < -0.39 is 11.6 Å². The lowest BCUT2D eigenvalue weighted by molar-refractivity contribution is 0.297. The van der Waals surface area contributed by atoms with E-state index in [1.165, 1.54) is 12.1 Å². The van der Waals surface area contributed by atoms with E-state index >= 15 is 0 Å². The van der Waals surface area contributed by atoms with E-state index in [9.17, 15) is 8.78 Å². The molecule has 1 atom stereocenters. The Balaban J connectivity index is 1.99. The van der Waals surface area contributed by atoms with Crippen LogP contribution in [-0.2, 0) is 13.0 Å². The third kappa shape index (κ3) is 3.78. The van der Waals surface area contributed by atoms with Crippen LogP contribution < -0.4 is 10.5 Å². The molecule has 2 rings (SSSR count). The summed E-state index contributed by atoms with van der Waals surface area (Å²) in [6, 6.07) is 11.6. The summed E-state index contributed by atoms with van der Waals surface area (Å²) in [5.41, 5.74) is 7.03. The van der Waals surface area contributed by atoms with Gasteiger partial charge in [0.15, 0.2) is 11.6 Å². The van der Waals surface area contributed by atoms with Crippen LogP contribution in [0.15, 0.2) is 42.5 Å². The van der Waals surface area contributed by atoms with Crippen molar-refractivity contribution < 1.29 is 13.5 Å². The molecule has 1 unspecified atom stereocenters. The van der Waals surface area contributed by atoms with Crippen molar-refractivity contribution in [2.75, 3.05) is 0 Å². The van der Waals surface area contributed by atoms with Crippen molar-refractivity contribution in [2.24, 2.45) is 5.73 Å². The molecule has 2 N–H and O–H groups in total. The maximum absolute atomic E-state index is 13.4. The highest BCUT2D eigenvalue weighted by Gasteiger charge is 2.08. The summed E-state index contributed by atoms with van der Waals surface area (Å²) in [5.74, 6) is -1.11. The zero-order chi connectivity index (χ0) is 14.5. The second-order valence-electron chi connectivity index (χ2n) is 4.83. The molecule has 0 aliphatic heterocycles. The summed E-state index contributed by atoms with van der Waals surface area (Å²) in [4.78, 5) is 0. The molecule has 0 saturated heterocycles. The lowest BCUT2D eigenvalue weighted by Gasteiger charge is -2.09. The van der Waals surface area contributed by atoms with E-state index in [0.29, 0.717) is 5.75 Å². The molecule has 0 saturated carbocycles. The Hall–Kier alpha value is -1.94. The highest BCUT2D eigenvalue weighted by molar-refractivity contribution is 5.28. The number of nitrogens with two attached hydrogens (primary N) is 1. The van der Waals surface area contributed by atoms with Crippen molar-refractivity contribution in [3.8, 4) is 5.75 Å². The molecule has 0 fully saturated rings. The van der Waals surface area contributed by atoms with E-state index in [0.717, 1.165) is 18.1 Å². The molecule has 2 nitrogen and oxygen atoms in total. The number of hydrogen-bond donors (Lipinski definition) is 1. The quantitative estimate of drug-likeness (QED) is 0.908. The molecule has 0 aromatic heterocycles. The van der Waals surface area contributed by atoms with E-state index in [-0.39, 0.29) is 18.2 Å². The minimum absolute atomic E-state index is 0.00374. The van der Waals surface area contributed by atoms with Crippen LogP contribution >= 0.6 is 0 Å². The minimum Gasteiger partial charge on any atom is -0.489 e. The van der Waals surface area contributed by atoms with Gasteiger partial charge >= 0.3 is 0 Å². The fraction of sp³-hybridized carbons (Fsp3) is 0.250. The summed E-state index contributed by atoms with van der Waals surface area (Å²) in [6.45, 7) is 1.94. The van der Waals surface area contributed by atoms with Gasteiger partial charge in [-0.15, -0.1) is 0 Å². The highest BCUT2D eigenvalue weighted by Crippen LogP contribution is 2.17. The van der Waals surface area contributed by atoms with Crippen LogP contribution in [0.5, 0.6) is 5.75 Å². The number of rotatable bonds is 5. The number of benzene rings is 2. The Kier molecular flexibility index (Phi) is 4.69. The Labute approximate surface area is 117 Å². The first-order valence-electron chi connectivity index (χ1n) is 6.46. The topological polar surface area (TPSA) is 35.2 Å². The molecule has 4 heteroatoms. The van der Waals surface area contributed by atoms with Crippen molar-refractivity contribution in [1.82, 2.24) is 0 Å². The van der Waals surface area contributed by atoms with Crippen LogP contribution in [-0.4, -0.2) is 6.04 Å². The molecule has 0 amide bonds. The molecule has 0 heterocycles. The molecular weight excluding hydrogens is 260 g/mol. The molecule has 0 spiro atoms. The number of halogens is 2. The fourth-order valence-corrected chi connectivity index (χ4v) is 1.91. The van der Waals surface area contributed by atoms with Gasteiger partial charge in [-0.3, -0.25) is 0 Å². The Morgan fingerprint density at radius 1 is 1.10 bits per heavy atom. The monoisotopic (exact) mass is 277 g/mol. The summed E-state index contributed by atoms with van der Waals surface area (Å²) in [6.07, 6.45) is 0.790. The maximum Gasteiger partial charge on any atom is 0.165 e. The van der Waals surface area contributed by atoms with Gasteiger partial charge in [-0.05, 0) is 37.1 Å². The van der Waals surface area contributed by atoms with Gasteiger partial charge in [0.05, 0.1) is 0 Å². The van der Waals surface area contributed by atoms with Crippen molar-refractivity contribution >= 4 is 0 Å². The lowest BCUT2D eigenvalue weighted by Crippen LogP contribution is -2.17. The van der Waals surface area contributed by atoms with Gasteiger partial charge < -0.3 is 10.5 Å². The summed E-state index contributed by atoms with van der Waals surface area (Å²) in [5, 5.41) is 0. The Morgan fingerprint density at radius 3 is 2.45 bits per heavy atom. The summed E-state index contributed by atoms with van der Waals surface area (Å²) >= 11 is 0. The van der Waals surface area contributed by atoms with Crippen LogP contribution in [0.4, 0.5) is 8.78 Å². The first-order chi connectivity index (χ1) is 9.56. The molecule has 0 aliphatic rings. The van der Waals surface area contributed by atoms with Crippen molar-refractivity contribution in [3.63, 3.8) is 0 Å². The van der Waals surface area contributed by atoms with Gasteiger partial charge in [-0.25, -0.2) is 8.78 Å². The lowest BCUT2D eigenvalue weighted by atomic mass is 10.1. The maximum atomic E-state index is 13.4. The van der Waals surface area contributed by atoms with Crippen LogP contribution in [0.2, 0.25) is 0 Å². The van der Waals surface area contributed by atoms with E-state index in [1.807, 2.05) is 19.1 Å². The molecule has 0 radical (unpaired) electrons. The molecule has 2 aromatic rings. The third-order valence-electron chi connectivity index (χ3n) is 2.91. The van der Waals surface area contributed by atoms with Gasteiger partial charge in [0.25, 0.3) is 0 Å². The van der Waals surface area contributed by atoms with Crippen LogP contribution in [0.3, 0.4) is 0 Å². The SMILES string of the molecule is CC(N)Cc1ccc(OCc2cccc(F)c2F)cc1. The van der Waals surface area contributed by atoms with Crippen molar-refractivity contribution in [2.45, 2.75) is 26.0 Å². The van der Waals surface area contributed by atoms with E-state index in [2.05, 4.69) is 0 Å². The van der Waals surface area contributed by atoms with E-state index in [4.69, 9.17) is 10.5 Å². The van der Waals surface area contributed by atoms with Gasteiger partial charge in [0.1, 0.15) is 12.4 Å². The number of hydrogen-bond acceptors (Lipinski definition) is 2. The molecule has 0 aliphatic carbocycles. The van der Waals surface area contributed by atoms with Crippen LogP contribution in [0.25, 0.3) is 0 Å². The second kappa shape index (κ2) is 6.48. The first kappa shape index (κ1) is 14.5. The first-order valence-corrected chi connectivity index (χ1v) is 6.46. The smallest absolute Gasteiger partial charge is 0.165 e. The average molecular weight is 277 g/mol. The van der Waals surface area contributed by atoms with Crippen molar-refractivity contribution in [1.29, 1.82) is 0 Å². The number of ether oxygens (including phenoxy) is 1. The molecular formula is C16H17F2NO. The van der Waals surface area contributed by atoms with Gasteiger partial charge in [-0.2, -0.15) is 0 Å². The average Bonchev–Trinajstić information content (AvgIpc) is 2.41. The molecule has 106 valence electrons. The fourth-order valence-electron chi connectivity index (χ4n) is 1.91. The Bertz CT molecular complexity index is 567. The van der Waals surface area contributed by atoms with Gasteiger partial charge in [-0.1, -0.05) is 24.3 Å². The molecule has 20 heavy (non-hydrogen) atoms. The third-order valence-corrected chi connectivity index (χ3v) is 2.91. The Morgan fingerprint density at radius 2 is 1.80 bits per heavy atom. The largest absolute Gasteiger partial charge is 0.489 e. The zero-order valence-corrected chi connectivity index (χ0v) is 11.3. The summed E-state index contributed by atoms with van der Waals surface area (Å²) in [7, 11) is 0. The zero-order valence-electron chi connectivity index (χ0n) is 11.3. The predicted molar refractivity (Wildman–Crippen MR) is 74.5 cm³/mol. The second-order valence-corrected chi connectivity index (χ2v) is 4.83. The summed E-state index contributed by atoms with van der Waals surface area (Å²) < 4.78 is 31.9. The van der Waals surface area contributed by atoms with Crippen molar-refractivity contribution in [3.05, 3.63) is 65.2 Å². The standard InChI is InChI=1S/C16H17F2NO/c1-11(19)9-12-5-7-14(8-6-12)20-10-13-3-2-4-15(17)16(13)18/h2-8,11H,9-10,19H2,1H3. The van der Waals surface area contributed by atoms with Gasteiger partial charge in [0, 0.05) is 11.6 Å². The predicted octanol–water partition coefficient (Wildman–Crippen LogP) is 3.43. The highest BCUT2D eigenvalue weighted by atomic mass is 19.2. The molecule has 0 bridgehead atoms. The minimum atomic E-state index is -0.863. The molecule has 2 aromatic carbocycles. The van der Waals surface area contributed by atoms with Crippen LogP contribution in [0, 0.1) is 11.6 Å². The van der Waals surface area contributed by atoms with Crippen LogP contribution in [0.1, 0.15) is 18.1 Å².